The topological polar surface area (TPSA) is 331 Å². The lowest BCUT2D eigenvalue weighted by Gasteiger charge is -2.41. The van der Waals surface area contributed by atoms with Crippen LogP contribution in [0.4, 0.5) is 4.79 Å². The summed E-state index contributed by atoms with van der Waals surface area (Å²) in [6.45, 7) is 29.1. The minimum Gasteiger partial charge on any atom is -0.444 e. The molecule has 91 heavy (non-hydrogen) atoms. The van der Waals surface area contributed by atoms with E-state index in [4.69, 9.17) is 10.5 Å². The first kappa shape index (κ1) is 80.2. The molecule has 26 nitrogen and oxygen atoms in total. The molecular weight excluding hydrogens is 1170 g/mol. The van der Waals surface area contributed by atoms with Crippen LogP contribution in [0.5, 0.6) is 0 Å². The average Bonchev–Trinajstić information content (AvgIpc) is 1.83. The molecule has 2 aliphatic heterocycles. The molecule has 0 aromatic heterocycles. The molecule has 0 radical (unpaired) electrons. The van der Waals surface area contributed by atoms with Gasteiger partial charge in [0, 0.05) is 48.7 Å². The molecule has 26 heteroatoms. The molecule has 2 rings (SSSR count). The van der Waals surface area contributed by atoms with Gasteiger partial charge in [0.1, 0.15) is 72.6 Å². The number of carbonyl (C=O) groups excluding carboxylic acids is 12. The van der Waals surface area contributed by atoms with Gasteiger partial charge in [-0.2, -0.15) is 0 Å². The predicted molar refractivity (Wildman–Crippen MR) is 345 cm³/mol. The van der Waals surface area contributed by atoms with Gasteiger partial charge in [-0.3, -0.25) is 52.7 Å². The Morgan fingerprint density at radius 3 is 1.41 bits per heavy atom. The number of amides is 12. The van der Waals surface area contributed by atoms with E-state index < -0.39 is 167 Å². The second kappa shape index (κ2) is 35.8. The van der Waals surface area contributed by atoms with Crippen molar-refractivity contribution in [3.05, 3.63) is 12.2 Å². The molecule has 518 valence electrons. The van der Waals surface area contributed by atoms with Gasteiger partial charge in [-0.25, -0.2) is 4.79 Å². The van der Waals surface area contributed by atoms with Gasteiger partial charge in [0.2, 0.25) is 65.0 Å². The van der Waals surface area contributed by atoms with Crippen LogP contribution in [0, 0.1) is 41.4 Å². The highest BCUT2D eigenvalue weighted by Crippen LogP contribution is 2.29. The van der Waals surface area contributed by atoms with Crippen LogP contribution in [-0.4, -0.2) is 238 Å². The van der Waals surface area contributed by atoms with Crippen LogP contribution in [0.2, 0.25) is 0 Å². The van der Waals surface area contributed by atoms with Crippen molar-refractivity contribution in [2.75, 3.05) is 48.8 Å². The van der Waals surface area contributed by atoms with E-state index in [0.717, 1.165) is 14.7 Å². The zero-order valence-electron chi connectivity index (χ0n) is 58.8. The van der Waals surface area contributed by atoms with Gasteiger partial charge in [-0.15, -0.1) is 0 Å². The number of likely N-dealkylation sites (N-methyl/N-ethyl adjacent to an activating group) is 6. The second-order valence-corrected chi connectivity index (χ2v) is 27.6. The Morgan fingerprint density at radius 1 is 0.527 bits per heavy atom. The van der Waals surface area contributed by atoms with Gasteiger partial charge in [0.05, 0.1) is 12.6 Å². The van der Waals surface area contributed by atoms with Crippen LogP contribution >= 0.6 is 0 Å². The molecular formula is C65H114N12O14. The van der Waals surface area contributed by atoms with Gasteiger partial charge in [-0.1, -0.05) is 109 Å². The summed E-state index contributed by atoms with van der Waals surface area (Å²) in [4.78, 5) is 184. The molecule has 0 aliphatic carbocycles. The summed E-state index contributed by atoms with van der Waals surface area (Å²) in [5, 5.41) is 23.2. The van der Waals surface area contributed by atoms with Gasteiger partial charge < -0.3 is 71.1 Å². The number of ether oxygens (including phenoxy) is 1. The summed E-state index contributed by atoms with van der Waals surface area (Å²) in [6, 6.07) is -14.4. The van der Waals surface area contributed by atoms with Crippen molar-refractivity contribution in [1.82, 2.24) is 55.6 Å². The number of primary amides is 1. The molecule has 0 aromatic rings. The van der Waals surface area contributed by atoms with Crippen LogP contribution < -0.4 is 27.0 Å². The maximum Gasteiger partial charge on any atom is 0.404 e. The summed E-state index contributed by atoms with van der Waals surface area (Å²) < 4.78 is 5.38. The molecule has 1 unspecified atom stereocenters. The molecule has 2 aliphatic rings. The number of aliphatic hydroxyl groups excluding tert-OH is 1. The smallest absolute Gasteiger partial charge is 0.404 e. The lowest BCUT2D eigenvalue weighted by Crippen LogP contribution is -2.64. The van der Waals surface area contributed by atoms with Crippen molar-refractivity contribution in [2.24, 2.45) is 47.2 Å². The van der Waals surface area contributed by atoms with Crippen molar-refractivity contribution in [1.29, 1.82) is 0 Å². The van der Waals surface area contributed by atoms with E-state index in [2.05, 4.69) is 21.3 Å². The van der Waals surface area contributed by atoms with E-state index in [9.17, 15) is 33.9 Å². The quantitative estimate of drug-likeness (QED) is 0.121. The van der Waals surface area contributed by atoms with E-state index in [0.29, 0.717) is 0 Å². The van der Waals surface area contributed by atoms with Crippen LogP contribution in [-0.2, 0) is 57.5 Å². The lowest BCUT2D eigenvalue weighted by atomic mass is 9.91. The SMILES string of the molecule is C/C=C/C[C@@H](C)[C@@H](O)[C@H]1C(=O)N[C@@H](CC)C(=O)N2CC(OC(N)=O)C[C@@H]2C(=O)N(C)[C@@H](CC(C)C)C(=O)N[C@@H](C(C)C)C(=O)N(C)[C@@H](CC(C)C)C(=O)N[C@@H](C)C(=O)N[C@H](C)C(=O)N(C)[C@@H](CC(C)C)C(=O)N(C)[C@@H](CC(C)C)C(=O)N(C)[C@@H](C(C)C)C(=O)N1C. The first-order valence-corrected chi connectivity index (χ1v) is 32.5. The number of carbonyl (C=O) groups is 12. The van der Waals surface area contributed by atoms with Crippen molar-refractivity contribution < 1.29 is 67.4 Å². The van der Waals surface area contributed by atoms with Gasteiger partial charge in [0.15, 0.2) is 0 Å². The molecule has 0 bridgehead atoms. The number of hydrogen-bond acceptors (Lipinski definition) is 14. The zero-order chi connectivity index (χ0) is 70.1. The number of aliphatic hydroxyl groups is 1. The van der Waals surface area contributed by atoms with Gasteiger partial charge >= 0.3 is 6.09 Å². The Hall–Kier alpha value is -6.86. The summed E-state index contributed by atoms with van der Waals surface area (Å²) in [7, 11) is 8.39. The molecule has 0 saturated carbocycles. The van der Waals surface area contributed by atoms with Crippen LogP contribution in [0.15, 0.2) is 12.2 Å². The molecule has 14 atom stereocenters. The minimum absolute atomic E-state index is 0.0630. The number of allylic oxidation sites excluding steroid dienone is 2. The maximum absolute atomic E-state index is 15.3. The van der Waals surface area contributed by atoms with Crippen LogP contribution in [0.25, 0.3) is 0 Å². The largest absolute Gasteiger partial charge is 0.444 e. The highest BCUT2D eigenvalue weighted by molar-refractivity contribution is 6.00. The number of rotatable bonds is 16. The van der Waals surface area contributed by atoms with Crippen molar-refractivity contribution >= 4 is 71.1 Å². The summed E-state index contributed by atoms with van der Waals surface area (Å²) >= 11 is 0. The molecule has 2 saturated heterocycles. The van der Waals surface area contributed by atoms with Gasteiger partial charge in [-0.05, 0) is 101 Å². The number of hydrogen-bond donors (Lipinski definition) is 6. The van der Waals surface area contributed by atoms with E-state index in [1.54, 1.807) is 60.6 Å². The van der Waals surface area contributed by atoms with E-state index in [-0.39, 0.29) is 75.2 Å². The number of nitrogens with zero attached hydrogens (tertiary/aromatic N) is 7. The zero-order valence-corrected chi connectivity index (χ0v) is 58.8. The third kappa shape index (κ3) is 21.6. The van der Waals surface area contributed by atoms with E-state index in [1.165, 1.54) is 75.7 Å². The number of fused-ring (bicyclic) bond motifs is 1. The summed E-state index contributed by atoms with van der Waals surface area (Å²) in [5.74, 6) is -10.7. The Bertz CT molecular complexity index is 2580. The third-order valence-electron chi connectivity index (χ3n) is 17.4. The summed E-state index contributed by atoms with van der Waals surface area (Å²) in [6.07, 6.45) is 0.00751. The first-order chi connectivity index (χ1) is 42.1. The monoisotopic (exact) mass is 1290 g/mol. The predicted octanol–water partition coefficient (Wildman–Crippen LogP) is 2.88. The highest BCUT2D eigenvalue weighted by atomic mass is 16.6. The summed E-state index contributed by atoms with van der Waals surface area (Å²) in [5.41, 5.74) is 5.48. The van der Waals surface area contributed by atoms with Crippen molar-refractivity contribution in [3.8, 4) is 0 Å². The molecule has 7 N–H and O–H groups in total. The minimum atomic E-state index is -1.70. The van der Waals surface area contributed by atoms with Crippen LogP contribution in [0.1, 0.15) is 163 Å². The lowest BCUT2D eigenvalue weighted by molar-refractivity contribution is -0.157. The number of nitrogens with two attached hydrogens (primary N) is 1. The highest BCUT2D eigenvalue weighted by Gasteiger charge is 2.49. The first-order valence-electron chi connectivity index (χ1n) is 32.5. The third-order valence-corrected chi connectivity index (χ3v) is 17.4. The Kier molecular flexibility index (Phi) is 31.6. The molecule has 0 aromatic carbocycles. The average molecular weight is 1290 g/mol. The molecule has 2 heterocycles. The standard InChI is InChI=1S/C65H114N12O14/c1-24-26-27-40(15)53(78)52-57(82)69-44(25-2)59(84)77-33-43(91-65(66)90)32-49(77)62(87)71(18)46(29-35(5)6)56(81)70-50(38(11)12)63(88)72(19)45(28-34(3)4)55(80)67-41(16)54(79)68-42(17)58(83)73(20)47(30-36(7)8)60(85)74(21)48(31-37(9)10)61(86)75(22)51(39(13)14)64(89)76(52)23/h24,26,34-53,78H,25,27-33H2,1-23H3,(H2,66,90)(H,67,80)(H,68,79)(H,69,82)(H,70,81)/b26-24+/t40-,41+,42-,43?,44+,45+,46+,47+,48+,49-,50+,51+,52+,53-/m1/s1. The molecule has 12 amide bonds. The fourth-order valence-corrected chi connectivity index (χ4v) is 12.0. The Labute approximate surface area is 541 Å². The maximum atomic E-state index is 15.3. The molecule has 2 fully saturated rings. The van der Waals surface area contributed by atoms with Crippen LogP contribution in [0.3, 0.4) is 0 Å². The Morgan fingerprint density at radius 2 is 0.956 bits per heavy atom. The van der Waals surface area contributed by atoms with Gasteiger partial charge in [0.25, 0.3) is 0 Å². The fourth-order valence-electron chi connectivity index (χ4n) is 12.0. The second-order valence-electron chi connectivity index (χ2n) is 27.6. The van der Waals surface area contributed by atoms with E-state index in [1.807, 2.05) is 55.4 Å². The van der Waals surface area contributed by atoms with E-state index >= 15 is 28.8 Å². The fraction of sp³-hybridized carbons (Fsp3) is 0.785. The normalized spacial score (nSPS) is 28.1. The Balaban J connectivity index is 3.10. The van der Waals surface area contributed by atoms with Crippen molar-refractivity contribution in [2.45, 2.75) is 241 Å². The number of nitrogens with one attached hydrogen (secondary N) is 4. The molecule has 0 spiro atoms. The van der Waals surface area contributed by atoms with Crippen molar-refractivity contribution in [3.63, 3.8) is 0 Å².